The van der Waals surface area contributed by atoms with Gasteiger partial charge in [0, 0.05) is 16.9 Å². The maximum absolute atomic E-state index is 12.9. The van der Waals surface area contributed by atoms with Crippen molar-refractivity contribution in [1.82, 2.24) is 10.2 Å². The lowest BCUT2D eigenvalue weighted by Gasteiger charge is -2.27. The first kappa shape index (κ1) is 16.4. The molecule has 4 N–H and O–H groups in total. The van der Waals surface area contributed by atoms with E-state index in [0.29, 0.717) is 18.0 Å². The molecule has 1 saturated carbocycles. The number of H-pyrrole nitrogens is 1. The summed E-state index contributed by atoms with van der Waals surface area (Å²) in [6, 6.07) is 5.68. The number of nitrogens with one attached hydrogen (secondary N) is 2. The summed E-state index contributed by atoms with van der Waals surface area (Å²) < 4.78 is 11.1. The SMILES string of the molecule is COc1ccc2c(c1)[C@@]1(CCO2)C[C@@H]1C(=O)Nc1c(C(N)=O)n[nH]c1C. The zero-order chi connectivity index (χ0) is 18.5. The van der Waals surface area contributed by atoms with Crippen LogP contribution in [0.3, 0.4) is 0 Å². The van der Waals surface area contributed by atoms with Gasteiger partial charge in [-0.25, -0.2) is 0 Å². The van der Waals surface area contributed by atoms with Crippen LogP contribution in [0, 0.1) is 12.8 Å². The fourth-order valence-corrected chi connectivity index (χ4v) is 3.82. The molecule has 1 spiro atoms. The molecular formula is C18H20N4O4. The van der Waals surface area contributed by atoms with Gasteiger partial charge in [-0.05, 0) is 38.0 Å². The fraction of sp³-hybridized carbons (Fsp3) is 0.389. The average Bonchev–Trinajstić information content (AvgIpc) is 3.23. The first-order valence-corrected chi connectivity index (χ1v) is 8.43. The van der Waals surface area contributed by atoms with Crippen LogP contribution in [0.2, 0.25) is 0 Å². The molecule has 8 nitrogen and oxygen atoms in total. The van der Waals surface area contributed by atoms with Crippen LogP contribution in [-0.4, -0.2) is 35.7 Å². The first-order chi connectivity index (χ1) is 12.5. The summed E-state index contributed by atoms with van der Waals surface area (Å²) in [5, 5.41) is 9.37. The van der Waals surface area contributed by atoms with Crippen LogP contribution in [0.1, 0.15) is 34.6 Å². The lowest BCUT2D eigenvalue weighted by molar-refractivity contribution is -0.117. The minimum atomic E-state index is -0.684. The topological polar surface area (TPSA) is 119 Å². The molecule has 2 aliphatic rings. The maximum atomic E-state index is 12.9. The molecule has 136 valence electrons. The molecule has 0 unspecified atom stereocenters. The number of nitrogens with two attached hydrogens (primary N) is 1. The summed E-state index contributed by atoms with van der Waals surface area (Å²) in [5.74, 6) is 0.502. The number of fused-ring (bicyclic) bond motifs is 2. The Morgan fingerprint density at radius 2 is 2.27 bits per heavy atom. The van der Waals surface area contributed by atoms with Gasteiger partial charge in [-0.3, -0.25) is 14.7 Å². The zero-order valence-electron chi connectivity index (χ0n) is 14.6. The monoisotopic (exact) mass is 356 g/mol. The normalized spacial score (nSPS) is 23.1. The van der Waals surface area contributed by atoms with E-state index in [1.54, 1.807) is 14.0 Å². The second-order valence-electron chi connectivity index (χ2n) is 6.80. The highest BCUT2D eigenvalue weighted by Crippen LogP contribution is 2.61. The van der Waals surface area contributed by atoms with Gasteiger partial charge in [-0.1, -0.05) is 0 Å². The van der Waals surface area contributed by atoms with Crippen LogP contribution in [0.15, 0.2) is 18.2 Å². The second kappa shape index (κ2) is 5.76. The number of hydrogen-bond donors (Lipinski definition) is 3. The third kappa shape index (κ3) is 2.40. The molecule has 1 aliphatic heterocycles. The number of carbonyl (C=O) groups excluding carboxylic acids is 2. The number of amides is 2. The third-order valence-corrected chi connectivity index (χ3v) is 5.35. The number of aromatic amines is 1. The van der Waals surface area contributed by atoms with E-state index in [0.717, 1.165) is 29.9 Å². The Bertz CT molecular complexity index is 907. The summed E-state index contributed by atoms with van der Waals surface area (Å²) in [4.78, 5) is 24.3. The van der Waals surface area contributed by atoms with Gasteiger partial charge in [0.2, 0.25) is 5.91 Å². The van der Waals surface area contributed by atoms with Gasteiger partial charge in [0.25, 0.3) is 5.91 Å². The number of hydrogen-bond acceptors (Lipinski definition) is 5. The van der Waals surface area contributed by atoms with Gasteiger partial charge < -0.3 is 20.5 Å². The van der Waals surface area contributed by atoms with Crippen molar-refractivity contribution < 1.29 is 19.1 Å². The lowest BCUT2D eigenvalue weighted by Crippen LogP contribution is -2.27. The van der Waals surface area contributed by atoms with Crippen molar-refractivity contribution in [3.63, 3.8) is 0 Å². The number of nitrogens with zero attached hydrogens (tertiary/aromatic N) is 1. The number of benzene rings is 1. The Kier molecular flexibility index (Phi) is 3.64. The minimum absolute atomic E-state index is 0.0413. The van der Waals surface area contributed by atoms with E-state index in [4.69, 9.17) is 15.2 Å². The van der Waals surface area contributed by atoms with Crippen LogP contribution in [0.4, 0.5) is 5.69 Å². The molecule has 1 aromatic heterocycles. The zero-order valence-corrected chi connectivity index (χ0v) is 14.6. The number of methoxy groups -OCH3 is 1. The molecule has 2 aromatic rings. The quantitative estimate of drug-likeness (QED) is 0.767. The smallest absolute Gasteiger partial charge is 0.271 e. The average molecular weight is 356 g/mol. The van der Waals surface area contributed by atoms with Crippen molar-refractivity contribution >= 4 is 17.5 Å². The summed E-state index contributed by atoms with van der Waals surface area (Å²) in [7, 11) is 1.61. The third-order valence-electron chi connectivity index (χ3n) is 5.35. The van der Waals surface area contributed by atoms with Crippen molar-refractivity contribution in [2.75, 3.05) is 19.0 Å². The van der Waals surface area contributed by atoms with E-state index < -0.39 is 5.91 Å². The Balaban J connectivity index is 1.61. The molecule has 2 amide bonds. The maximum Gasteiger partial charge on any atom is 0.271 e. The molecule has 26 heavy (non-hydrogen) atoms. The van der Waals surface area contributed by atoms with Crippen molar-refractivity contribution in [3.05, 3.63) is 35.2 Å². The number of aromatic nitrogens is 2. The Morgan fingerprint density at radius 3 is 3.00 bits per heavy atom. The highest BCUT2D eigenvalue weighted by Gasteiger charge is 2.61. The molecule has 1 aromatic carbocycles. The van der Waals surface area contributed by atoms with Gasteiger partial charge in [-0.2, -0.15) is 5.10 Å². The Morgan fingerprint density at radius 1 is 1.46 bits per heavy atom. The lowest BCUT2D eigenvalue weighted by atomic mass is 9.87. The number of primary amides is 1. The largest absolute Gasteiger partial charge is 0.497 e. The molecule has 1 aliphatic carbocycles. The van der Waals surface area contributed by atoms with E-state index in [1.165, 1.54) is 0 Å². The van der Waals surface area contributed by atoms with E-state index in [9.17, 15) is 9.59 Å². The highest BCUT2D eigenvalue weighted by molar-refractivity contribution is 6.04. The van der Waals surface area contributed by atoms with Crippen LogP contribution in [0.5, 0.6) is 11.5 Å². The first-order valence-electron chi connectivity index (χ1n) is 8.43. The van der Waals surface area contributed by atoms with Gasteiger partial charge in [0.1, 0.15) is 11.5 Å². The molecule has 2 heterocycles. The molecule has 0 radical (unpaired) electrons. The number of anilines is 1. The summed E-state index contributed by atoms with van der Waals surface area (Å²) in [6.07, 6.45) is 1.49. The molecule has 2 atom stereocenters. The predicted molar refractivity (Wildman–Crippen MR) is 93.4 cm³/mol. The van der Waals surface area contributed by atoms with Crippen molar-refractivity contribution in [3.8, 4) is 11.5 Å². The molecule has 8 heteroatoms. The van der Waals surface area contributed by atoms with Crippen molar-refractivity contribution in [2.24, 2.45) is 11.7 Å². The summed E-state index contributed by atoms with van der Waals surface area (Å²) >= 11 is 0. The molecule has 1 fully saturated rings. The standard InChI is InChI=1S/C18H20N4O4/c1-9-14(15(16(19)23)22-21-9)20-17(24)12-8-18(12)5-6-26-13-4-3-10(25-2)7-11(13)18/h3-4,7,12H,5-6,8H2,1-2H3,(H2,19,23)(H,20,24)(H,21,22)/t12-,18-/m1/s1. The number of ether oxygens (including phenoxy) is 2. The minimum Gasteiger partial charge on any atom is -0.497 e. The Labute approximate surface area is 150 Å². The number of aryl methyl sites for hydroxylation is 1. The molecule has 4 rings (SSSR count). The van der Waals surface area contributed by atoms with E-state index in [1.807, 2.05) is 18.2 Å². The van der Waals surface area contributed by atoms with Crippen molar-refractivity contribution in [1.29, 1.82) is 0 Å². The fourth-order valence-electron chi connectivity index (χ4n) is 3.82. The van der Waals surface area contributed by atoms with Crippen LogP contribution >= 0.6 is 0 Å². The van der Waals surface area contributed by atoms with Crippen LogP contribution in [0.25, 0.3) is 0 Å². The highest BCUT2D eigenvalue weighted by atomic mass is 16.5. The van der Waals surface area contributed by atoms with E-state index >= 15 is 0 Å². The Hall–Kier alpha value is -3.03. The molecule has 0 saturated heterocycles. The van der Waals surface area contributed by atoms with Crippen LogP contribution in [-0.2, 0) is 10.2 Å². The second-order valence-corrected chi connectivity index (χ2v) is 6.80. The van der Waals surface area contributed by atoms with E-state index in [-0.39, 0.29) is 22.9 Å². The van der Waals surface area contributed by atoms with Gasteiger partial charge in [0.05, 0.1) is 25.1 Å². The van der Waals surface area contributed by atoms with Gasteiger partial charge in [0.15, 0.2) is 5.69 Å². The number of rotatable bonds is 4. The predicted octanol–water partition coefficient (Wildman–Crippen LogP) is 1.50. The van der Waals surface area contributed by atoms with Gasteiger partial charge >= 0.3 is 0 Å². The summed E-state index contributed by atoms with van der Waals surface area (Å²) in [5.41, 5.74) is 7.06. The molecule has 0 bridgehead atoms. The molecular weight excluding hydrogens is 336 g/mol. The van der Waals surface area contributed by atoms with E-state index in [2.05, 4.69) is 15.5 Å². The van der Waals surface area contributed by atoms with Crippen molar-refractivity contribution in [2.45, 2.75) is 25.2 Å². The van der Waals surface area contributed by atoms with Crippen LogP contribution < -0.4 is 20.5 Å². The number of carbonyl (C=O) groups is 2. The van der Waals surface area contributed by atoms with Gasteiger partial charge in [-0.15, -0.1) is 0 Å². The summed E-state index contributed by atoms with van der Waals surface area (Å²) in [6.45, 7) is 2.30.